The molecule has 0 heterocycles. The van der Waals surface area contributed by atoms with E-state index in [4.69, 9.17) is 9.84 Å². The minimum absolute atomic E-state index is 0.0248. The van der Waals surface area contributed by atoms with Crippen molar-refractivity contribution in [1.29, 1.82) is 0 Å². The highest BCUT2D eigenvalue weighted by Crippen LogP contribution is 2.44. The molecular weight excluding hydrogens is 432 g/mol. The molecule has 7 nitrogen and oxygen atoms in total. The van der Waals surface area contributed by atoms with Crippen LogP contribution in [0.1, 0.15) is 62.5 Å². The number of alkyl carbamates (subject to hydrolysis) is 1. The second-order valence-electron chi connectivity index (χ2n) is 9.39. The molecule has 0 bridgehead atoms. The summed E-state index contributed by atoms with van der Waals surface area (Å²) in [6, 6.07) is 15.5. The molecule has 7 heteroatoms. The van der Waals surface area contributed by atoms with Crippen LogP contribution in [0.5, 0.6) is 0 Å². The van der Waals surface area contributed by atoms with Crippen LogP contribution in [0.25, 0.3) is 11.1 Å². The monoisotopic (exact) mass is 464 g/mol. The lowest BCUT2D eigenvalue weighted by Gasteiger charge is -2.25. The number of hydrogen-bond donors (Lipinski definition) is 3. The van der Waals surface area contributed by atoms with E-state index in [-0.39, 0.29) is 43.2 Å². The van der Waals surface area contributed by atoms with E-state index in [1.165, 1.54) is 11.1 Å². The lowest BCUT2D eigenvalue weighted by Crippen LogP contribution is -2.45. The highest BCUT2D eigenvalue weighted by atomic mass is 16.5. The number of carboxylic acids is 1. The van der Waals surface area contributed by atoms with Crippen LogP contribution in [0.4, 0.5) is 4.79 Å². The van der Waals surface area contributed by atoms with Crippen molar-refractivity contribution in [2.75, 3.05) is 6.61 Å². The van der Waals surface area contributed by atoms with Gasteiger partial charge in [0, 0.05) is 24.4 Å². The van der Waals surface area contributed by atoms with Crippen molar-refractivity contribution in [2.24, 2.45) is 5.92 Å². The lowest BCUT2D eigenvalue weighted by atomic mass is 9.95. The van der Waals surface area contributed by atoms with E-state index in [1.54, 1.807) is 6.92 Å². The molecule has 2 atom stereocenters. The third kappa shape index (κ3) is 5.58. The van der Waals surface area contributed by atoms with Crippen LogP contribution < -0.4 is 10.6 Å². The average molecular weight is 465 g/mol. The van der Waals surface area contributed by atoms with Gasteiger partial charge in [-0.1, -0.05) is 61.4 Å². The number of fused-ring (bicyclic) bond motifs is 3. The molecule has 34 heavy (non-hydrogen) atoms. The number of rotatable bonds is 9. The van der Waals surface area contributed by atoms with Crippen LogP contribution >= 0.6 is 0 Å². The zero-order valence-corrected chi connectivity index (χ0v) is 19.5. The van der Waals surface area contributed by atoms with Gasteiger partial charge < -0.3 is 20.5 Å². The number of carbonyl (C=O) groups excluding carboxylic acids is 2. The Balaban J connectivity index is 1.38. The number of carboxylic acid groups (broad SMARTS) is 1. The van der Waals surface area contributed by atoms with Crippen LogP contribution in [0.3, 0.4) is 0 Å². The maximum atomic E-state index is 12.8. The van der Waals surface area contributed by atoms with Crippen molar-refractivity contribution in [2.45, 2.75) is 63.5 Å². The Morgan fingerprint density at radius 2 is 1.53 bits per heavy atom. The maximum absolute atomic E-state index is 12.8. The first-order chi connectivity index (χ1) is 16.4. The van der Waals surface area contributed by atoms with Gasteiger partial charge in [-0.05, 0) is 47.9 Å². The molecule has 0 spiro atoms. The van der Waals surface area contributed by atoms with Crippen LogP contribution in [0.15, 0.2) is 48.5 Å². The standard InChI is InChI=1S/C27H32N2O5/c1-17(14-26(31)32)28-25(30)15-24(18-8-2-3-9-18)29-27(33)34-16-23-21-12-6-4-10-19(21)20-11-5-7-13-22(20)23/h4-7,10-13,17-18,23-24H,2-3,8-9,14-16H2,1H3,(H,28,30)(H,29,33)(H,31,32). The van der Waals surface area contributed by atoms with E-state index in [2.05, 4.69) is 34.9 Å². The SMILES string of the molecule is CC(CC(=O)O)NC(=O)CC(NC(=O)OCC1c2ccccc2-c2ccccc21)C1CCCC1. The number of carbonyl (C=O) groups is 3. The molecule has 4 rings (SSSR count). The first kappa shape index (κ1) is 23.8. The molecule has 1 saturated carbocycles. The van der Waals surface area contributed by atoms with E-state index in [0.717, 1.165) is 36.8 Å². The number of benzene rings is 2. The maximum Gasteiger partial charge on any atom is 0.407 e. The third-order valence-electron chi connectivity index (χ3n) is 6.91. The fourth-order valence-corrected chi connectivity index (χ4v) is 5.33. The summed E-state index contributed by atoms with van der Waals surface area (Å²) in [5.74, 6) is -1.04. The topological polar surface area (TPSA) is 105 Å². The quantitative estimate of drug-likeness (QED) is 0.508. The van der Waals surface area contributed by atoms with Crippen LogP contribution in [-0.4, -0.2) is 41.8 Å². The first-order valence-electron chi connectivity index (χ1n) is 12.0. The van der Waals surface area contributed by atoms with Crippen molar-refractivity contribution in [3.05, 3.63) is 59.7 Å². The predicted molar refractivity (Wildman–Crippen MR) is 128 cm³/mol. The number of ether oxygens (including phenoxy) is 1. The van der Waals surface area contributed by atoms with Gasteiger partial charge in [0.2, 0.25) is 5.91 Å². The van der Waals surface area contributed by atoms with Crippen molar-refractivity contribution in [1.82, 2.24) is 10.6 Å². The Bertz CT molecular complexity index is 1000. The van der Waals surface area contributed by atoms with E-state index in [9.17, 15) is 14.4 Å². The summed E-state index contributed by atoms with van der Waals surface area (Å²) in [6.07, 6.45) is 3.50. The molecule has 0 saturated heterocycles. The van der Waals surface area contributed by atoms with Crippen LogP contribution in [0.2, 0.25) is 0 Å². The summed E-state index contributed by atoms with van der Waals surface area (Å²) < 4.78 is 5.69. The molecule has 2 aromatic carbocycles. The van der Waals surface area contributed by atoms with Gasteiger partial charge in [0.25, 0.3) is 0 Å². The lowest BCUT2D eigenvalue weighted by molar-refractivity contribution is -0.137. The summed E-state index contributed by atoms with van der Waals surface area (Å²) in [6.45, 7) is 1.88. The van der Waals surface area contributed by atoms with Gasteiger partial charge in [0.15, 0.2) is 0 Å². The minimum Gasteiger partial charge on any atom is -0.481 e. The summed E-state index contributed by atoms with van der Waals surface area (Å²) in [5.41, 5.74) is 4.64. The van der Waals surface area contributed by atoms with Crippen LogP contribution in [0, 0.1) is 5.92 Å². The van der Waals surface area contributed by atoms with Gasteiger partial charge in [0.05, 0.1) is 6.42 Å². The van der Waals surface area contributed by atoms with Crippen molar-refractivity contribution >= 4 is 18.0 Å². The average Bonchev–Trinajstić information content (AvgIpc) is 3.43. The molecule has 3 N–H and O–H groups in total. The largest absolute Gasteiger partial charge is 0.481 e. The Morgan fingerprint density at radius 3 is 2.12 bits per heavy atom. The second kappa shape index (κ2) is 10.7. The third-order valence-corrected chi connectivity index (χ3v) is 6.91. The highest BCUT2D eigenvalue weighted by Gasteiger charge is 2.31. The van der Waals surface area contributed by atoms with Gasteiger partial charge in [-0.25, -0.2) is 4.79 Å². The Morgan fingerprint density at radius 1 is 0.941 bits per heavy atom. The molecule has 0 radical (unpaired) electrons. The molecule has 2 aliphatic carbocycles. The molecule has 180 valence electrons. The fourth-order valence-electron chi connectivity index (χ4n) is 5.33. The zero-order valence-electron chi connectivity index (χ0n) is 19.5. The predicted octanol–water partition coefficient (Wildman–Crippen LogP) is 4.45. The molecule has 0 aliphatic heterocycles. The summed E-state index contributed by atoms with van der Waals surface area (Å²) in [4.78, 5) is 36.2. The Hall–Kier alpha value is -3.35. The van der Waals surface area contributed by atoms with E-state index < -0.39 is 18.1 Å². The second-order valence-corrected chi connectivity index (χ2v) is 9.39. The van der Waals surface area contributed by atoms with Crippen molar-refractivity contribution < 1.29 is 24.2 Å². The van der Waals surface area contributed by atoms with Crippen molar-refractivity contribution in [3.8, 4) is 11.1 Å². The van der Waals surface area contributed by atoms with Gasteiger partial charge in [-0.2, -0.15) is 0 Å². The fraction of sp³-hybridized carbons (Fsp3) is 0.444. The van der Waals surface area contributed by atoms with E-state index in [0.29, 0.717) is 0 Å². The smallest absolute Gasteiger partial charge is 0.407 e. The number of amides is 2. The van der Waals surface area contributed by atoms with Gasteiger partial charge in [-0.15, -0.1) is 0 Å². The van der Waals surface area contributed by atoms with Crippen molar-refractivity contribution in [3.63, 3.8) is 0 Å². The molecule has 2 amide bonds. The summed E-state index contributed by atoms with van der Waals surface area (Å²) in [7, 11) is 0. The molecule has 0 aromatic heterocycles. The van der Waals surface area contributed by atoms with Gasteiger partial charge in [0.1, 0.15) is 6.61 Å². The molecule has 2 aliphatic rings. The number of nitrogens with one attached hydrogen (secondary N) is 2. The first-order valence-corrected chi connectivity index (χ1v) is 12.0. The van der Waals surface area contributed by atoms with Gasteiger partial charge >= 0.3 is 12.1 Å². The Kier molecular flexibility index (Phi) is 7.50. The molecule has 2 aromatic rings. The molecule has 1 fully saturated rings. The molecular formula is C27H32N2O5. The summed E-state index contributed by atoms with van der Waals surface area (Å²) >= 11 is 0. The van der Waals surface area contributed by atoms with Crippen LogP contribution in [-0.2, 0) is 14.3 Å². The zero-order chi connectivity index (χ0) is 24.1. The van der Waals surface area contributed by atoms with E-state index >= 15 is 0 Å². The Labute approximate surface area is 199 Å². The van der Waals surface area contributed by atoms with Gasteiger partial charge in [-0.3, -0.25) is 9.59 Å². The van der Waals surface area contributed by atoms with E-state index in [1.807, 2.05) is 24.3 Å². The number of hydrogen-bond acceptors (Lipinski definition) is 4. The normalized spacial score (nSPS) is 16.9. The highest BCUT2D eigenvalue weighted by molar-refractivity contribution is 5.80. The summed E-state index contributed by atoms with van der Waals surface area (Å²) in [5, 5.41) is 14.6. The number of aliphatic carboxylic acids is 1. The molecule has 2 unspecified atom stereocenters. The minimum atomic E-state index is -0.961.